The quantitative estimate of drug-likeness (QED) is 0.703. The number of nitrogens with zero attached hydrogens (tertiary/aromatic N) is 1. The first-order chi connectivity index (χ1) is 6.83. The molecule has 1 amide bonds. The monoisotopic (exact) mass is 214 g/mol. The second-order valence-corrected chi connectivity index (χ2v) is 5.40. The number of thioether (sulfide) groups is 1. The minimum Gasteiger partial charge on any atom is -0.337 e. The van der Waals surface area contributed by atoms with Gasteiger partial charge in [0.05, 0.1) is 6.54 Å². The zero-order valence-electron chi connectivity index (χ0n) is 8.45. The second-order valence-electron chi connectivity index (χ2n) is 4.05. The molecule has 14 heavy (non-hydrogen) atoms. The van der Waals surface area contributed by atoms with Gasteiger partial charge in [-0.25, -0.2) is 0 Å². The summed E-state index contributed by atoms with van der Waals surface area (Å²) in [6.45, 7) is 1.08. The molecular weight excluding hydrogens is 196 g/mol. The molecule has 1 saturated carbocycles. The molecule has 2 N–H and O–H groups in total. The number of carbonyl (C=O) groups excluding carboxylic acids is 1. The predicted octanol–water partition coefficient (Wildman–Crippen LogP) is 0.832. The first-order valence-electron chi connectivity index (χ1n) is 5.44. The number of rotatable bonds is 1. The van der Waals surface area contributed by atoms with Gasteiger partial charge in [-0.1, -0.05) is 12.8 Å². The van der Waals surface area contributed by atoms with Crippen LogP contribution in [0.1, 0.15) is 25.7 Å². The van der Waals surface area contributed by atoms with Gasteiger partial charge < -0.3 is 10.6 Å². The van der Waals surface area contributed by atoms with Crippen LogP contribution in [0.2, 0.25) is 0 Å². The minimum absolute atomic E-state index is 0.141. The van der Waals surface area contributed by atoms with Gasteiger partial charge in [0.1, 0.15) is 0 Å². The highest BCUT2D eigenvalue weighted by molar-refractivity contribution is 8.00. The topological polar surface area (TPSA) is 46.3 Å². The number of nitrogens with two attached hydrogens (primary N) is 1. The van der Waals surface area contributed by atoms with Crippen molar-refractivity contribution in [3.05, 3.63) is 0 Å². The van der Waals surface area contributed by atoms with Crippen molar-refractivity contribution in [2.24, 2.45) is 5.73 Å². The summed E-state index contributed by atoms with van der Waals surface area (Å²) < 4.78 is 0. The highest BCUT2D eigenvalue weighted by atomic mass is 32.2. The molecule has 2 fully saturated rings. The Balaban J connectivity index is 2.04. The minimum atomic E-state index is 0.141. The fourth-order valence-corrected chi connectivity index (χ4v) is 3.97. The summed E-state index contributed by atoms with van der Waals surface area (Å²) in [7, 11) is 0. The molecule has 1 aliphatic heterocycles. The van der Waals surface area contributed by atoms with Crippen LogP contribution in [-0.4, -0.2) is 40.9 Å². The van der Waals surface area contributed by atoms with Crippen molar-refractivity contribution in [1.82, 2.24) is 4.90 Å². The summed E-state index contributed by atoms with van der Waals surface area (Å²) in [5, 5.41) is 0.688. The predicted molar refractivity (Wildman–Crippen MR) is 59.3 cm³/mol. The largest absolute Gasteiger partial charge is 0.337 e. The SMILES string of the molecule is NCC(=O)N1CCSC2CCCCC21. The average molecular weight is 214 g/mol. The van der Waals surface area contributed by atoms with Crippen molar-refractivity contribution in [2.75, 3.05) is 18.8 Å². The zero-order chi connectivity index (χ0) is 9.97. The standard InChI is InChI=1S/C10H18N2OS/c11-7-10(13)12-5-6-14-9-4-2-1-3-8(9)12/h8-9H,1-7,11H2. The zero-order valence-corrected chi connectivity index (χ0v) is 9.26. The summed E-state index contributed by atoms with van der Waals surface area (Å²) in [5.41, 5.74) is 5.43. The van der Waals surface area contributed by atoms with Gasteiger partial charge in [-0.2, -0.15) is 11.8 Å². The van der Waals surface area contributed by atoms with Crippen molar-refractivity contribution in [2.45, 2.75) is 37.0 Å². The molecule has 3 nitrogen and oxygen atoms in total. The molecule has 80 valence electrons. The van der Waals surface area contributed by atoms with Crippen molar-refractivity contribution >= 4 is 17.7 Å². The van der Waals surface area contributed by atoms with E-state index in [-0.39, 0.29) is 12.5 Å². The van der Waals surface area contributed by atoms with E-state index in [0.717, 1.165) is 12.3 Å². The third-order valence-electron chi connectivity index (χ3n) is 3.23. The maximum Gasteiger partial charge on any atom is 0.236 e. The van der Waals surface area contributed by atoms with Crippen LogP contribution in [-0.2, 0) is 4.79 Å². The van der Waals surface area contributed by atoms with Crippen LogP contribution in [0.3, 0.4) is 0 Å². The molecule has 0 spiro atoms. The number of fused-ring (bicyclic) bond motifs is 1. The molecule has 0 bridgehead atoms. The Bertz CT molecular complexity index is 220. The lowest BCUT2D eigenvalue weighted by molar-refractivity contribution is -0.132. The van der Waals surface area contributed by atoms with Gasteiger partial charge in [0.25, 0.3) is 0 Å². The Hall–Kier alpha value is -0.220. The molecular formula is C10H18N2OS. The van der Waals surface area contributed by atoms with E-state index < -0.39 is 0 Å². The van der Waals surface area contributed by atoms with Gasteiger partial charge in [0.15, 0.2) is 0 Å². The van der Waals surface area contributed by atoms with Crippen LogP contribution >= 0.6 is 11.8 Å². The van der Waals surface area contributed by atoms with Gasteiger partial charge >= 0.3 is 0 Å². The lowest BCUT2D eigenvalue weighted by Gasteiger charge is -2.43. The first kappa shape index (κ1) is 10.3. The van der Waals surface area contributed by atoms with Gasteiger partial charge in [0.2, 0.25) is 5.91 Å². The average Bonchev–Trinajstić information content (AvgIpc) is 2.27. The Morgan fingerprint density at radius 1 is 1.43 bits per heavy atom. The summed E-state index contributed by atoms with van der Waals surface area (Å²) in [6, 6.07) is 0.485. The van der Waals surface area contributed by atoms with E-state index in [2.05, 4.69) is 0 Å². The smallest absolute Gasteiger partial charge is 0.236 e. The molecule has 2 atom stereocenters. The van der Waals surface area contributed by atoms with Crippen LogP contribution in [0.5, 0.6) is 0 Å². The molecule has 2 aliphatic rings. The lowest BCUT2D eigenvalue weighted by atomic mass is 9.93. The third kappa shape index (κ3) is 1.91. The molecule has 0 aromatic heterocycles. The van der Waals surface area contributed by atoms with Crippen molar-refractivity contribution in [3.8, 4) is 0 Å². The summed E-state index contributed by atoms with van der Waals surface area (Å²) in [5.74, 6) is 1.23. The summed E-state index contributed by atoms with van der Waals surface area (Å²) in [4.78, 5) is 13.6. The number of hydrogen-bond donors (Lipinski definition) is 1. The van der Waals surface area contributed by atoms with E-state index in [1.54, 1.807) is 0 Å². The fourth-order valence-electron chi connectivity index (χ4n) is 2.52. The van der Waals surface area contributed by atoms with Crippen LogP contribution in [0.4, 0.5) is 0 Å². The van der Waals surface area contributed by atoms with Gasteiger partial charge in [-0.05, 0) is 12.8 Å². The highest BCUT2D eigenvalue weighted by Crippen LogP contribution is 2.35. The second kappa shape index (κ2) is 4.53. The Labute approximate surface area is 89.4 Å². The Kier molecular flexibility index (Phi) is 3.34. The van der Waals surface area contributed by atoms with Crippen LogP contribution in [0.15, 0.2) is 0 Å². The molecule has 0 aromatic rings. The first-order valence-corrected chi connectivity index (χ1v) is 6.49. The van der Waals surface area contributed by atoms with Crippen molar-refractivity contribution in [1.29, 1.82) is 0 Å². The summed E-state index contributed by atoms with van der Waals surface area (Å²) in [6.07, 6.45) is 5.07. The maximum absolute atomic E-state index is 11.6. The van der Waals surface area contributed by atoms with E-state index in [0.29, 0.717) is 11.3 Å². The normalized spacial score (nSPS) is 32.5. The Morgan fingerprint density at radius 3 is 3.00 bits per heavy atom. The van der Waals surface area contributed by atoms with E-state index >= 15 is 0 Å². The molecule has 0 radical (unpaired) electrons. The van der Waals surface area contributed by atoms with Crippen LogP contribution in [0, 0.1) is 0 Å². The van der Waals surface area contributed by atoms with E-state index in [1.807, 2.05) is 16.7 Å². The molecule has 1 heterocycles. The molecule has 2 unspecified atom stereocenters. The Morgan fingerprint density at radius 2 is 2.21 bits per heavy atom. The molecule has 0 aromatic carbocycles. The number of hydrogen-bond acceptors (Lipinski definition) is 3. The van der Waals surface area contributed by atoms with Gasteiger partial charge in [-0.15, -0.1) is 0 Å². The summed E-state index contributed by atoms with van der Waals surface area (Å²) >= 11 is 2.04. The van der Waals surface area contributed by atoms with Gasteiger partial charge in [0, 0.05) is 23.6 Å². The van der Waals surface area contributed by atoms with Crippen molar-refractivity contribution < 1.29 is 4.79 Å². The maximum atomic E-state index is 11.6. The molecule has 1 aliphatic carbocycles. The van der Waals surface area contributed by atoms with Crippen LogP contribution in [0.25, 0.3) is 0 Å². The van der Waals surface area contributed by atoms with E-state index in [4.69, 9.17) is 5.73 Å². The van der Waals surface area contributed by atoms with Crippen LogP contribution < -0.4 is 5.73 Å². The van der Waals surface area contributed by atoms with E-state index in [1.165, 1.54) is 25.7 Å². The number of carbonyl (C=O) groups is 1. The third-order valence-corrected chi connectivity index (χ3v) is 4.62. The lowest BCUT2D eigenvalue weighted by Crippen LogP contribution is -2.53. The molecule has 1 saturated heterocycles. The van der Waals surface area contributed by atoms with Crippen molar-refractivity contribution in [3.63, 3.8) is 0 Å². The molecule has 2 rings (SSSR count). The number of amides is 1. The van der Waals surface area contributed by atoms with Gasteiger partial charge in [-0.3, -0.25) is 4.79 Å². The highest BCUT2D eigenvalue weighted by Gasteiger charge is 2.35. The molecule has 4 heteroatoms. The van der Waals surface area contributed by atoms with E-state index in [9.17, 15) is 4.79 Å². The fraction of sp³-hybridized carbons (Fsp3) is 0.900.